The van der Waals surface area contributed by atoms with Crippen molar-refractivity contribution in [3.63, 3.8) is 0 Å². The molecule has 0 aromatic heterocycles. The fraction of sp³-hybridized carbons (Fsp3) is 0.538. The van der Waals surface area contributed by atoms with E-state index in [-0.39, 0.29) is 23.8 Å². The number of aliphatic imine (C=N–C) groups is 1. The van der Waals surface area contributed by atoms with Crippen LogP contribution < -0.4 is 5.32 Å². The molecule has 1 N–H and O–H groups in total. The summed E-state index contributed by atoms with van der Waals surface area (Å²) in [6, 6.07) is -0.506. The number of carbonyl (C=O) groups is 1. The molecule has 0 radical (unpaired) electrons. The first-order valence-corrected chi connectivity index (χ1v) is 6.21. The Hall–Kier alpha value is -1.52. The van der Waals surface area contributed by atoms with Crippen LogP contribution in [0.3, 0.4) is 0 Å². The molecule has 0 aromatic rings. The van der Waals surface area contributed by atoms with Crippen molar-refractivity contribution in [1.82, 2.24) is 5.32 Å². The number of carbonyl (C=O) groups excluding carboxylic acids is 1. The van der Waals surface area contributed by atoms with Gasteiger partial charge < -0.3 is 5.32 Å². The van der Waals surface area contributed by atoms with Crippen molar-refractivity contribution in [2.24, 2.45) is 10.9 Å². The molecular formula is C13H14F2N2O. The summed E-state index contributed by atoms with van der Waals surface area (Å²) in [6.45, 7) is 0.571. The molecule has 3 atom stereocenters. The Morgan fingerprint density at radius 2 is 2.28 bits per heavy atom. The molecule has 1 saturated heterocycles. The molecule has 2 aliphatic heterocycles. The lowest BCUT2D eigenvalue weighted by Gasteiger charge is -2.21. The standard InChI is InChI=1S/C13H14F2N2O/c14-8-2-1-3-9(15)12(8)11-6-7-10(17-11)4-5-16-13(7)18/h1-2,7,9,11H,3-6H2,(H,16,18). The predicted octanol–water partition coefficient (Wildman–Crippen LogP) is 1.86. The number of allylic oxidation sites excluding steroid dienone is 3. The van der Waals surface area contributed by atoms with E-state index >= 15 is 0 Å². The molecule has 96 valence electrons. The van der Waals surface area contributed by atoms with Gasteiger partial charge in [-0.15, -0.1) is 0 Å². The van der Waals surface area contributed by atoms with Gasteiger partial charge in [0.05, 0.1) is 12.0 Å². The first-order valence-electron chi connectivity index (χ1n) is 6.21. The Bertz CT molecular complexity index is 481. The maximum Gasteiger partial charge on any atom is 0.228 e. The van der Waals surface area contributed by atoms with Crippen LogP contribution in [0.5, 0.6) is 0 Å². The highest BCUT2D eigenvalue weighted by molar-refractivity contribution is 6.07. The van der Waals surface area contributed by atoms with E-state index < -0.39 is 18.0 Å². The lowest BCUT2D eigenvalue weighted by Crippen LogP contribution is -2.41. The van der Waals surface area contributed by atoms with Gasteiger partial charge in [0.15, 0.2) is 0 Å². The van der Waals surface area contributed by atoms with Gasteiger partial charge in [-0.2, -0.15) is 0 Å². The van der Waals surface area contributed by atoms with Gasteiger partial charge in [0, 0.05) is 30.7 Å². The van der Waals surface area contributed by atoms with Gasteiger partial charge in [-0.1, -0.05) is 6.08 Å². The van der Waals surface area contributed by atoms with Crippen molar-refractivity contribution in [2.45, 2.75) is 31.5 Å². The fourth-order valence-electron chi connectivity index (χ4n) is 2.86. The molecule has 18 heavy (non-hydrogen) atoms. The maximum atomic E-state index is 13.8. The Labute approximate surface area is 104 Å². The van der Waals surface area contributed by atoms with E-state index in [0.717, 1.165) is 5.71 Å². The quantitative estimate of drug-likeness (QED) is 0.760. The van der Waals surface area contributed by atoms with E-state index in [1.54, 1.807) is 0 Å². The summed E-state index contributed by atoms with van der Waals surface area (Å²) in [5, 5.41) is 2.76. The number of piperidine rings is 1. The smallest absolute Gasteiger partial charge is 0.228 e. The molecule has 0 aromatic carbocycles. The number of halogens is 2. The number of fused-ring (bicyclic) bond motifs is 1. The number of hydrogen-bond acceptors (Lipinski definition) is 2. The maximum absolute atomic E-state index is 13.8. The zero-order valence-corrected chi connectivity index (χ0v) is 9.83. The van der Waals surface area contributed by atoms with Crippen LogP contribution in [0.1, 0.15) is 19.3 Å². The van der Waals surface area contributed by atoms with E-state index in [2.05, 4.69) is 10.3 Å². The topological polar surface area (TPSA) is 41.5 Å². The van der Waals surface area contributed by atoms with Gasteiger partial charge >= 0.3 is 0 Å². The van der Waals surface area contributed by atoms with Crippen LogP contribution in [0.15, 0.2) is 28.5 Å². The number of rotatable bonds is 1. The highest BCUT2D eigenvalue weighted by atomic mass is 19.1. The predicted molar refractivity (Wildman–Crippen MR) is 63.7 cm³/mol. The van der Waals surface area contributed by atoms with Crippen molar-refractivity contribution in [2.75, 3.05) is 6.54 Å². The fourth-order valence-corrected chi connectivity index (χ4v) is 2.86. The van der Waals surface area contributed by atoms with Crippen LogP contribution >= 0.6 is 0 Å². The monoisotopic (exact) mass is 252 g/mol. The van der Waals surface area contributed by atoms with Crippen LogP contribution in [-0.4, -0.2) is 30.4 Å². The van der Waals surface area contributed by atoms with Crippen LogP contribution in [0.4, 0.5) is 8.78 Å². The second-order valence-corrected chi connectivity index (χ2v) is 4.87. The van der Waals surface area contributed by atoms with Crippen LogP contribution in [0, 0.1) is 5.92 Å². The third-order valence-electron chi connectivity index (χ3n) is 3.76. The second-order valence-electron chi connectivity index (χ2n) is 4.87. The number of amides is 1. The lowest BCUT2D eigenvalue weighted by atomic mass is 9.88. The Morgan fingerprint density at radius 1 is 1.44 bits per heavy atom. The van der Waals surface area contributed by atoms with Gasteiger partial charge in [0.2, 0.25) is 5.91 Å². The highest BCUT2D eigenvalue weighted by Gasteiger charge is 2.40. The van der Waals surface area contributed by atoms with E-state index in [1.165, 1.54) is 12.2 Å². The summed E-state index contributed by atoms with van der Waals surface area (Å²) in [6.07, 6.45) is 2.76. The summed E-state index contributed by atoms with van der Waals surface area (Å²) in [7, 11) is 0. The molecule has 0 saturated carbocycles. The number of hydrogen-bond donors (Lipinski definition) is 1. The van der Waals surface area contributed by atoms with Gasteiger partial charge in [-0.05, 0) is 12.5 Å². The molecule has 3 aliphatic rings. The summed E-state index contributed by atoms with van der Waals surface area (Å²) >= 11 is 0. The van der Waals surface area contributed by atoms with Crippen molar-refractivity contribution in [3.05, 3.63) is 23.6 Å². The van der Waals surface area contributed by atoms with E-state index in [0.29, 0.717) is 19.4 Å². The molecule has 1 fully saturated rings. The first kappa shape index (κ1) is 11.6. The number of nitrogens with one attached hydrogen (secondary N) is 1. The Balaban J connectivity index is 1.89. The molecule has 3 unspecified atom stereocenters. The van der Waals surface area contributed by atoms with Crippen LogP contribution in [0.2, 0.25) is 0 Å². The van der Waals surface area contributed by atoms with Gasteiger partial charge in [0.1, 0.15) is 12.0 Å². The minimum Gasteiger partial charge on any atom is -0.355 e. The number of alkyl halides is 1. The van der Waals surface area contributed by atoms with Crippen LogP contribution in [-0.2, 0) is 4.79 Å². The lowest BCUT2D eigenvalue weighted by molar-refractivity contribution is -0.123. The molecule has 1 aliphatic carbocycles. The first-order chi connectivity index (χ1) is 8.66. The largest absolute Gasteiger partial charge is 0.355 e. The van der Waals surface area contributed by atoms with Gasteiger partial charge in [-0.3, -0.25) is 9.79 Å². The van der Waals surface area contributed by atoms with Crippen molar-refractivity contribution >= 4 is 11.6 Å². The van der Waals surface area contributed by atoms with Crippen molar-refractivity contribution in [3.8, 4) is 0 Å². The van der Waals surface area contributed by atoms with Gasteiger partial charge in [0.25, 0.3) is 0 Å². The highest BCUT2D eigenvalue weighted by Crippen LogP contribution is 2.35. The third-order valence-corrected chi connectivity index (χ3v) is 3.76. The molecule has 0 spiro atoms. The molecule has 3 rings (SSSR count). The summed E-state index contributed by atoms with van der Waals surface area (Å²) in [5.41, 5.74) is 0.915. The summed E-state index contributed by atoms with van der Waals surface area (Å²) in [4.78, 5) is 16.0. The average molecular weight is 252 g/mol. The SMILES string of the molecule is O=C1NCCC2=NC(C3=C(F)C=CCC3F)CC12. The minimum absolute atomic E-state index is 0.0646. The van der Waals surface area contributed by atoms with Crippen molar-refractivity contribution in [1.29, 1.82) is 0 Å². The van der Waals surface area contributed by atoms with E-state index in [9.17, 15) is 13.6 Å². The molecule has 0 bridgehead atoms. The third kappa shape index (κ3) is 1.78. The molecule has 2 heterocycles. The Morgan fingerprint density at radius 3 is 3.00 bits per heavy atom. The second kappa shape index (κ2) is 4.30. The summed E-state index contributed by atoms with van der Waals surface area (Å²) in [5.74, 6) is -0.880. The van der Waals surface area contributed by atoms with Crippen molar-refractivity contribution < 1.29 is 13.6 Å². The zero-order valence-electron chi connectivity index (χ0n) is 9.83. The molecule has 3 nitrogen and oxygen atoms in total. The molecule has 1 amide bonds. The van der Waals surface area contributed by atoms with Gasteiger partial charge in [-0.25, -0.2) is 8.78 Å². The Kier molecular flexibility index (Phi) is 2.76. The van der Waals surface area contributed by atoms with Crippen LogP contribution in [0.25, 0.3) is 0 Å². The zero-order chi connectivity index (χ0) is 12.7. The average Bonchev–Trinajstić information content (AvgIpc) is 2.74. The van der Waals surface area contributed by atoms with E-state index in [1.807, 2.05) is 0 Å². The molecule has 5 heteroatoms. The normalized spacial score (nSPS) is 35.3. The van der Waals surface area contributed by atoms with E-state index in [4.69, 9.17) is 0 Å². The minimum atomic E-state index is -1.31. The summed E-state index contributed by atoms with van der Waals surface area (Å²) < 4.78 is 27.5. The number of nitrogens with zero attached hydrogens (tertiary/aromatic N) is 1. The molecular weight excluding hydrogens is 238 g/mol.